The maximum Gasteiger partial charge on any atom is 0.129 e. The van der Waals surface area contributed by atoms with E-state index in [-0.39, 0.29) is 17.7 Å². The van der Waals surface area contributed by atoms with Crippen molar-refractivity contribution in [3.8, 4) is 0 Å². The van der Waals surface area contributed by atoms with Crippen molar-refractivity contribution in [1.29, 1.82) is 0 Å². The van der Waals surface area contributed by atoms with Gasteiger partial charge in [0.2, 0.25) is 0 Å². The number of benzene rings is 1. The summed E-state index contributed by atoms with van der Waals surface area (Å²) in [6.07, 6.45) is 0.0717. The molecule has 5 heteroatoms. The zero-order valence-corrected chi connectivity index (χ0v) is 7.44. The van der Waals surface area contributed by atoms with Crippen LogP contribution < -0.4 is 0 Å². The van der Waals surface area contributed by atoms with Crippen LogP contribution in [0.1, 0.15) is 5.56 Å². The zero-order valence-electron chi connectivity index (χ0n) is 6.63. The molecule has 1 atom stereocenters. The van der Waals surface area contributed by atoms with Gasteiger partial charge in [0.15, 0.2) is 0 Å². The van der Waals surface area contributed by atoms with Crippen molar-refractivity contribution in [2.75, 3.05) is 5.75 Å². The fourth-order valence-corrected chi connectivity index (χ4v) is 1.30. The molecule has 0 aliphatic carbocycles. The maximum absolute atomic E-state index is 12.9. The van der Waals surface area contributed by atoms with Crippen LogP contribution in [0.2, 0.25) is 0 Å². The van der Waals surface area contributed by atoms with Gasteiger partial charge in [-0.1, -0.05) is 17.1 Å². The molecule has 1 rings (SSSR count). The van der Waals surface area contributed by atoms with Gasteiger partial charge < -0.3 is 4.55 Å². The minimum Gasteiger partial charge on any atom is -0.772 e. The molecular weight excluding hydrogens is 198 g/mol. The lowest BCUT2D eigenvalue weighted by atomic mass is 10.1. The van der Waals surface area contributed by atoms with Gasteiger partial charge in [0.1, 0.15) is 11.6 Å². The Labute approximate surface area is 76.9 Å². The highest BCUT2D eigenvalue weighted by Gasteiger charge is 2.02. The molecule has 0 saturated heterocycles. The second-order valence-electron chi connectivity index (χ2n) is 2.49. The Morgan fingerprint density at radius 1 is 1.38 bits per heavy atom. The standard InChI is InChI=1S/C8H8F2O2S/c9-7-2-1-6(8(10)5-7)3-4-13(11)12/h1-2,5H,3-4H2,(H,11,12)/p-1. The first-order chi connectivity index (χ1) is 6.09. The first-order valence-electron chi connectivity index (χ1n) is 3.59. The van der Waals surface area contributed by atoms with Crippen LogP contribution in [-0.4, -0.2) is 14.5 Å². The Morgan fingerprint density at radius 3 is 2.62 bits per heavy atom. The molecule has 0 heterocycles. The predicted octanol–water partition coefficient (Wildman–Crippen LogP) is 1.39. The van der Waals surface area contributed by atoms with Crippen molar-refractivity contribution in [2.24, 2.45) is 0 Å². The molecule has 13 heavy (non-hydrogen) atoms. The summed E-state index contributed by atoms with van der Waals surface area (Å²) in [6, 6.07) is 3.09. The molecule has 0 aliphatic heterocycles. The van der Waals surface area contributed by atoms with Crippen LogP contribution in [0.5, 0.6) is 0 Å². The van der Waals surface area contributed by atoms with Crippen molar-refractivity contribution in [3.63, 3.8) is 0 Å². The summed E-state index contributed by atoms with van der Waals surface area (Å²) in [4.78, 5) is 0. The molecule has 0 aliphatic rings. The van der Waals surface area contributed by atoms with E-state index >= 15 is 0 Å². The molecule has 0 saturated carbocycles. The Bertz CT molecular complexity index is 328. The monoisotopic (exact) mass is 205 g/mol. The highest BCUT2D eigenvalue weighted by Crippen LogP contribution is 2.10. The minimum absolute atomic E-state index is 0.0717. The summed E-state index contributed by atoms with van der Waals surface area (Å²) in [5.74, 6) is -1.52. The molecule has 1 aromatic rings. The molecule has 0 radical (unpaired) electrons. The average Bonchev–Trinajstić information content (AvgIpc) is 2.02. The van der Waals surface area contributed by atoms with E-state index in [9.17, 15) is 17.5 Å². The van der Waals surface area contributed by atoms with Crippen LogP contribution in [0.15, 0.2) is 18.2 Å². The Morgan fingerprint density at radius 2 is 2.08 bits per heavy atom. The molecular formula is C8H7F2O2S-. The van der Waals surface area contributed by atoms with E-state index in [0.29, 0.717) is 0 Å². The Balaban J connectivity index is 2.72. The van der Waals surface area contributed by atoms with Crippen LogP contribution in [-0.2, 0) is 17.5 Å². The van der Waals surface area contributed by atoms with Gasteiger partial charge in [-0.15, -0.1) is 0 Å². The lowest BCUT2D eigenvalue weighted by molar-refractivity contribution is 0.535. The van der Waals surface area contributed by atoms with E-state index in [4.69, 9.17) is 0 Å². The molecule has 0 fully saturated rings. The summed E-state index contributed by atoms with van der Waals surface area (Å²) in [5.41, 5.74) is 0.214. The first kappa shape index (κ1) is 10.3. The van der Waals surface area contributed by atoms with Gasteiger partial charge in [-0.3, -0.25) is 4.21 Å². The summed E-state index contributed by atoms with van der Waals surface area (Å²) in [6.45, 7) is 0. The number of hydrogen-bond donors (Lipinski definition) is 0. The first-order valence-corrected chi connectivity index (χ1v) is 4.84. The average molecular weight is 205 g/mol. The molecule has 0 amide bonds. The number of rotatable bonds is 3. The number of halogens is 2. The number of aryl methyl sites for hydroxylation is 1. The summed E-state index contributed by atoms with van der Waals surface area (Å²) < 4.78 is 45.6. The second kappa shape index (κ2) is 4.43. The Hall–Kier alpha value is -0.810. The van der Waals surface area contributed by atoms with Crippen LogP contribution in [0.25, 0.3) is 0 Å². The summed E-state index contributed by atoms with van der Waals surface area (Å²) in [5, 5.41) is 0. The van der Waals surface area contributed by atoms with Gasteiger partial charge in [0.25, 0.3) is 0 Å². The maximum atomic E-state index is 12.9. The minimum atomic E-state index is -2.19. The molecule has 1 aromatic carbocycles. The second-order valence-corrected chi connectivity index (χ2v) is 3.51. The molecule has 0 bridgehead atoms. The molecule has 72 valence electrons. The number of hydrogen-bond acceptors (Lipinski definition) is 2. The highest BCUT2D eigenvalue weighted by atomic mass is 32.2. The highest BCUT2D eigenvalue weighted by molar-refractivity contribution is 7.79. The van der Waals surface area contributed by atoms with Crippen molar-refractivity contribution in [3.05, 3.63) is 35.4 Å². The zero-order chi connectivity index (χ0) is 9.84. The van der Waals surface area contributed by atoms with Gasteiger partial charge in [-0.25, -0.2) is 8.78 Å². The molecule has 1 unspecified atom stereocenters. The van der Waals surface area contributed by atoms with E-state index in [0.717, 1.165) is 12.1 Å². The van der Waals surface area contributed by atoms with E-state index < -0.39 is 22.7 Å². The van der Waals surface area contributed by atoms with Gasteiger partial charge in [-0.05, 0) is 18.1 Å². The SMILES string of the molecule is O=S([O-])CCc1ccc(F)cc1F. The predicted molar refractivity (Wildman–Crippen MR) is 43.8 cm³/mol. The third-order valence-corrected chi connectivity index (χ3v) is 2.09. The topological polar surface area (TPSA) is 40.1 Å². The lowest BCUT2D eigenvalue weighted by Crippen LogP contribution is -2.01. The van der Waals surface area contributed by atoms with Crippen molar-refractivity contribution in [2.45, 2.75) is 6.42 Å². The van der Waals surface area contributed by atoms with E-state index in [2.05, 4.69) is 0 Å². The smallest absolute Gasteiger partial charge is 0.129 e. The van der Waals surface area contributed by atoms with E-state index in [1.165, 1.54) is 6.07 Å². The van der Waals surface area contributed by atoms with Crippen molar-refractivity contribution in [1.82, 2.24) is 0 Å². The molecule has 0 spiro atoms. The van der Waals surface area contributed by atoms with Gasteiger partial charge >= 0.3 is 0 Å². The van der Waals surface area contributed by atoms with Gasteiger partial charge in [0, 0.05) is 11.8 Å². The molecule has 2 nitrogen and oxygen atoms in total. The molecule has 0 aromatic heterocycles. The largest absolute Gasteiger partial charge is 0.772 e. The quantitative estimate of drug-likeness (QED) is 0.699. The van der Waals surface area contributed by atoms with Crippen LogP contribution in [0.4, 0.5) is 8.78 Å². The Kier molecular flexibility index (Phi) is 3.50. The van der Waals surface area contributed by atoms with Gasteiger partial charge in [-0.2, -0.15) is 0 Å². The van der Waals surface area contributed by atoms with Crippen LogP contribution in [0, 0.1) is 11.6 Å². The fourth-order valence-electron chi connectivity index (χ4n) is 0.918. The van der Waals surface area contributed by atoms with E-state index in [1.807, 2.05) is 0 Å². The molecule has 0 N–H and O–H groups in total. The van der Waals surface area contributed by atoms with Gasteiger partial charge in [0.05, 0.1) is 0 Å². The third kappa shape index (κ3) is 3.20. The summed E-state index contributed by atoms with van der Waals surface area (Å²) >= 11 is -2.19. The third-order valence-electron chi connectivity index (χ3n) is 1.55. The van der Waals surface area contributed by atoms with Crippen LogP contribution in [0.3, 0.4) is 0 Å². The van der Waals surface area contributed by atoms with Crippen molar-refractivity contribution < 1.29 is 17.5 Å². The normalized spacial score (nSPS) is 12.8. The van der Waals surface area contributed by atoms with E-state index in [1.54, 1.807) is 0 Å². The van der Waals surface area contributed by atoms with Crippen molar-refractivity contribution >= 4 is 11.1 Å². The summed E-state index contributed by atoms with van der Waals surface area (Å²) in [7, 11) is 0. The van der Waals surface area contributed by atoms with Crippen LogP contribution >= 0.6 is 0 Å². The lowest BCUT2D eigenvalue weighted by Gasteiger charge is -2.05. The fraction of sp³-hybridized carbons (Fsp3) is 0.250.